The first kappa shape index (κ1) is 47.3. The summed E-state index contributed by atoms with van der Waals surface area (Å²) in [6.45, 7) is 19.2. The van der Waals surface area contributed by atoms with Gasteiger partial charge >= 0.3 is 12.2 Å². The summed E-state index contributed by atoms with van der Waals surface area (Å²) in [6.07, 6.45) is 0.464. The molecule has 1 aliphatic rings. The van der Waals surface area contributed by atoms with E-state index in [-0.39, 0.29) is 35.5 Å². The first-order valence-electron chi connectivity index (χ1n) is 22.0. The number of carbonyl (C=O) groups excluding carboxylic acids is 4. The highest BCUT2D eigenvalue weighted by atomic mass is 16.5. The van der Waals surface area contributed by atoms with Crippen LogP contribution in [0.2, 0.25) is 0 Å². The summed E-state index contributed by atoms with van der Waals surface area (Å²) in [4.78, 5) is 72.8. The van der Waals surface area contributed by atoms with Crippen LogP contribution < -0.4 is 15.4 Å². The van der Waals surface area contributed by atoms with Gasteiger partial charge in [-0.15, -0.1) is 0 Å². The second-order valence-electron chi connectivity index (χ2n) is 18.0. The molecule has 344 valence electrons. The van der Waals surface area contributed by atoms with Gasteiger partial charge in [-0.1, -0.05) is 66.7 Å². The summed E-state index contributed by atoms with van der Waals surface area (Å²) in [5, 5.41) is 7.34. The molecule has 5 atom stereocenters. The van der Waals surface area contributed by atoms with Gasteiger partial charge in [0.1, 0.15) is 36.1 Å². The molecule has 4 amide bonds. The Bertz CT molecular complexity index is 2480. The smallest absolute Gasteiger partial charge is 0.407 e. The van der Waals surface area contributed by atoms with Crippen LogP contribution >= 0.6 is 0 Å². The van der Waals surface area contributed by atoms with E-state index in [1.807, 2.05) is 74.4 Å². The maximum atomic E-state index is 14.2. The molecule has 0 spiro atoms. The summed E-state index contributed by atoms with van der Waals surface area (Å²) >= 11 is 0. The fourth-order valence-electron chi connectivity index (χ4n) is 8.36. The number of alkyl carbamates (subject to hydrolysis) is 2. The van der Waals surface area contributed by atoms with Crippen LogP contribution in [0.15, 0.2) is 48.7 Å². The van der Waals surface area contributed by atoms with Crippen molar-refractivity contribution in [2.75, 3.05) is 41.0 Å². The molecule has 1 aliphatic heterocycles. The number of aromatic amines is 2. The quantitative estimate of drug-likeness (QED) is 0.0709. The van der Waals surface area contributed by atoms with Crippen LogP contribution in [-0.2, 0) is 30.4 Å². The summed E-state index contributed by atoms with van der Waals surface area (Å²) in [6, 6.07) is 12.1. The predicted octanol–water partition coefficient (Wildman–Crippen LogP) is 8.14. The molecule has 16 heteroatoms. The van der Waals surface area contributed by atoms with Crippen LogP contribution in [-0.4, -0.2) is 107 Å². The second-order valence-corrected chi connectivity index (χ2v) is 18.0. The average Bonchev–Trinajstić information content (AvgIpc) is 3.95. The zero-order chi connectivity index (χ0) is 46.6. The Hall–Kier alpha value is -6.16. The van der Waals surface area contributed by atoms with Crippen molar-refractivity contribution in [1.82, 2.24) is 40.4 Å². The zero-order valence-electron chi connectivity index (χ0n) is 39.1. The Kier molecular flexibility index (Phi) is 14.9. The fraction of sp³-hybridized carbons (Fsp3) is 0.500. The van der Waals surface area contributed by atoms with Crippen molar-refractivity contribution in [3.05, 3.63) is 65.9 Å². The van der Waals surface area contributed by atoms with Gasteiger partial charge in [0, 0.05) is 31.1 Å². The highest BCUT2D eigenvalue weighted by molar-refractivity contribution is 6.07. The highest BCUT2D eigenvalue weighted by Crippen LogP contribution is 2.43. The number of carbonyl (C=O) groups is 4. The number of benzene rings is 3. The van der Waals surface area contributed by atoms with E-state index in [0.717, 1.165) is 55.5 Å². The number of hydrogen-bond donors (Lipinski definition) is 4. The van der Waals surface area contributed by atoms with Crippen LogP contribution in [0.25, 0.3) is 44.2 Å². The minimum atomic E-state index is -0.803. The maximum absolute atomic E-state index is 14.2. The van der Waals surface area contributed by atoms with E-state index in [4.69, 9.17) is 28.9 Å². The van der Waals surface area contributed by atoms with Crippen molar-refractivity contribution in [3.8, 4) is 28.1 Å². The van der Waals surface area contributed by atoms with Crippen molar-refractivity contribution < 1.29 is 38.1 Å². The SMILES string of the molecule is COC[C@@H](C)CN(C(=O)[C@@H](NC(=O)OC)C(C)C)[C@@H](C)c1nc2c(ccc3cc4c(cc32)OCc2cc(-c3cnc([C@H](C)N(CC(C)C)C(=O)[C@@H](NC(=O)OC)C(C)C)[nH]3)ccc2-4)[nH]1. The number of rotatable bonds is 17. The third kappa shape index (κ3) is 10.1. The number of hydrogen-bond acceptors (Lipinski definition) is 10. The largest absolute Gasteiger partial charge is 0.488 e. The van der Waals surface area contributed by atoms with Gasteiger partial charge in [-0.05, 0) is 83.9 Å². The molecular weight excluding hydrogens is 817 g/mol. The molecular formula is C48H64N8O8. The molecule has 3 heterocycles. The Balaban J connectivity index is 1.27. The van der Waals surface area contributed by atoms with Crippen molar-refractivity contribution in [1.29, 1.82) is 0 Å². The second kappa shape index (κ2) is 20.1. The number of imidazole rings is 2. The first-order chi connectivity index (χ1) is 30.4. The van der Waals surface area contributed by atoms with Gasteiger partial charge in [-0.3, -0.25) is 9.59 Å². The molecule has 0 fully saturated rings. The average molecular weight is 881 g/mol. The molecule has 5 aromatic rings. The minimum absolute atomic E-state index is 0.0143. The van der Waals surface area contributed by atoms with Crippen molar-refractivity contribution >= 4 is 45.8 Å². The topological polar surface area (TPSA) is 193 Å². The van der Waals surface area contributed by atoms with Crippen LogP contribution in [0, 0.1) is 23.7 Å². The van der Waals surface area contributed by atoms with Crippen LogP contribution in [0.5, 0.6) is 5.75 Å². The van der Waals surface area contributed by atoms with E-state index in [9.17, 15) is 19.2 Å². The molecule has 3 aromatic carbocycles. The Morgan fingerprint density at radius 3 is 1.97 bits per heavy atom. The summed E-state index contributed by atoms with van der Waals surface area (Å²) in [7, 11) is 4.20. The number of H-pyrrole nitrogens is 2. The molecule has 2 aromatic heterocycles. The van der Waals surface area contributed by atoms with E-state index >= 15 is 0 Å². The van der Waals surface area contributed by atoms with Crippen molar-refractivity contribution in [2.24, 2.45) is 23.7 Å². The van der Waals surface area contributed by atoms with E-state index in [1.165, 1.54) is 14.2 Å². The maximum Gasteiger partial charge on any atom is 0.407 e. The number of methoxy groups -OCH3 is 3. The van der Waals surface area contributed by atoms with Crippen molar-refractivity contribution in [2.45, 2.75) is 93.1 Å². The lowest BCUT2D eigenvalue weighted by Crippen LogP contribution is -2.53. The van der Waals surface area contributed by atoms with E-state index in [2.05, 4.69) is 50.9 Å². The number of fused-ring (bicyclic) bond motifs is 6. The summed E-state index contributed by atoms with van der Waals surface area (Å²) in [5.41, 5.74) is 6.35. The van der Waals surface area contributed by atoms with Gasteiger partial charge in [0.25, 0.3) is 0 Å². The monoisotopic (exact) mass is 880 g/mol. The normalized spacial score (nSPS) is 14.6. The van der Waals surface area contributed by atoms with Gasteiger partial charge in [0.2, 0.25) is 11.8 Å². The number of nitrogens with one attached hydrogen (secondary N) is 4. The molecule has 16 nitrogen and oxygen atoms in total. The molecule has 0 saturated carbocycles. The molecule has 64 heavy (non-hydrogen) atoms. The zero-order valence-corrected chi connectivity index (χ0v) is 39.1. The van der Waals surface area contributed by atoms with Gasteiger partial charge < -0.3 is 49.3 Å². The molecule has 0 saturated heterocycles. The Labute approximate surface area is 375 Å². The van der Waals surface area contributed by atoms with E-state index in [1.54, 1.807) is 23.1 Å². The molecule has 0 radical (unpaired) electrons. The van der Waals surface area contributed by atoms with Crippen LogP contribution in [0.1, 0.15) is 91.6 Å². The molecule has 0 unspecified atom stereocenters. The lowest BCUT2D eigenvalue weighted by molar-refractivity contribution is -0.138. The predicted molar refractivity (Wildman–Crippen MR) is 245 cm³/mol. The highest BCUT2D eigenvalue weighted by Gasteiger charge is 2.35. The fourth-order valence-corrected chi connectivity index (χ4v) is 8.36. The molecule has 4 N–H and O–H groups in total. The standard InChI is InChI=1S/C48H64N8O8/c1-25(2)21-55(45(57)40(26(3)4)53-47(59)62-11)29(8)43-49-20-38(51-43)32-13-15-34-33(17-32)24-64-39-19-35-31(18-36(34)39)14-16-37-42(35)52-44(50-37)30(9)56(22-28(7)23-61-10)46(58)41(27(5)6)54-48(60)63-12/h13-20,25-30,40-41H,21-24H2,1-12H3,(H,49,51)(H,50,52)(H,53,59)(H,54,60)/t28-,29-,30-,40-,41-/m0/s1. The number of ether oxygens (including phenoxy) is 4. The Morgan fingerprint density at radius 1 is 0.750 bits per heavy atom. The molecule has 6 rings (SSSR count). The summed E-state index contributed by atoms with van der Waals surface area (Å²) < 4.78 is 21.5. The third-order valence-corrected chi connectivity index (χ3v) is 11.9. The van der Waals surface area contributed by atoms with Gasteiger partial charge in [-0.2, -0.15) is 0 Å². The Morgan fingerprint density at radius 2 is 1.38 bits per heavy atom. The number of nitrogens with zero attached hydrogens (tertiary/aromatic N) is 4. The first-order valence-corrected chi connectivity index (χ1v) is 22.0. The van der Waals surface area contributed by atoms with Crippen molar-refractivity contribution in [3.63, 3.8) is 0 Å². The minimum Gasteiger partial charge on any atom is -0.488 e. The molecule has 0 bridgehead atoms. The van der Waals surface area contributed by atoms with E-state index < -0.39 is 36.4 Å². The number of aromatic nitrogens is 4. The lowest BCUT2D eigenvalue weighted by atomic mass is 9.92. The van der Waals surface area contributed by atoms with Crippen LogP contribution in [0.4, 0.5) is 9.59 Å². The molecule has 0 aliphatic carbocycles. The van der Waals surface area contributed by atoms with Crippen LogP contribution in [0.3, 0.4) is 0 Å². The summed E-state index contributed by atoms with van der Waals surface area (Å²) in [5.74, 6) is 1.39. The van der Waals surface area contributed by atoms with Gasteiger partial charge in [0.05, 0.1) is 55.8 Å². The van der Waals surface area contributed by atoms with E-state index in [0.29, 0.717) is 38.0 Å². The lowest BCUT2D eigenvalue weighted by Gasteiger charge is -2.34. The van der Waals surface area contributed by atoms with Gasteiger partial charge in [-0.25, -0.2) is 19.6 Å². The van der Waals surface area contributed by atoms with Gasteiger partial charge in [0.15, 0.2) is 0 Å². The number of amides is 4. The third-order valence-electron chi connectivity index (χ3n) is 11.9.